The molecule has 95 valence electrons. The third kappa shape index (κ3) is 1.86. The first-order chi connectivity index (χ1) is 9.31. The fraction of sp³-hybridized carbons (Fsp3) is 0.312. The summed E-state index contributed by atoms with van der Waals surface area (Å²) in [5.41, 5.74) is 6.11. The van der Waals surface area contributed by atoms with Gasteiger partial charge in [-0.25, -0.2) is 4.98 Å². The van der Waals surface area contributed by atoms with E-state index < -0.39 is 0 Å². The van der Waals surface area contributed by atoms with E-state index in [-0.39, 0.29) is 0 Å². The molecule has 1 radical (unpaired) electrons. The minimum absolute atomic E-state index is 0.763. The van der Waals surface area contributed by atoms with Crippen molar-refractivity contribution < 1.29 is 0 Å². The lowest BCUT2D eigenvalue weighted by Crippen LogP contribution is -2.05. The van der Waals surface area contributed by atoms with E-state index in [9.17, 15) is 0 Å². The van der Waals surface area contributed by atoms with Gasteiger partial charge < -0.3 is 9.55 Å². The zero-order chi connectivity index (χ0) is 12.8. The van der Waals surface area contributed by atoms with Gasteiger partial charge in [0.25, 0.3) is 0 Å². The molecule has 4 rings (SSSR count). The number of nitrogens with zero attached hydrogens (tertiary/aromatic N) is 2. The van der Waals surface area contributed by atoms with E-state index in [0.717, 1.165) is 23.5 Å². The van der Waals surface area contributed by atoms with E-state index in [1.165, 1.54) is 29.8 Å². The van der Waals surface area contributed by atoms with Gasteiger partial charge in [-0.3, -0.25) is 0 Å². The SMILES string of the molecule is Cc1[c]cc(C2CC2)n1Cc1ccc2[nH]cnc2c1. The maximum Gasteiger partial charge on any atom is 0.0931 e. The second kappa shape index (κ2) is 3.98. The van der Waals surface area contributed by atoms with Crippen LogP contribution in [0.4, 0.5) is 0 Å². The van der Waals surface area contributed by atoms with Gasteiger partial charge in [0.2, 0.25) is 0 Å². The average Bonchev–Trinajstić information content (AvgIpc) is 3.04. The molecule has 3 heteroatoms. The van der Waals surface area contributed by atoms with Crippen LogP contribution in [0.1, 0.15) is 35.7 Å². The minimum atomic E-state index is 0.763. The van der Waals surface area contributed by atoms with E-state index >= 15 is 0 Å². The Morgan fingerprint density at radius 2 is 2.32 bits per heavy atom. The highest BCUT2D eigenvalue weighted by Gasteiger charge is 2.27. The fourth-order valence-corrected chi connectivity index (χ4v) is 2.71. The molecular weight excluding hydrogens is 234 g/mol. The Bertz CT molecular complexity index is 731. The van der Waals surface area contributed by atoms with Gasteiger partial charge in [-0.15, -0.1) is 0 Å². The van der Waals surface area contributed by atoms with Crippen molar-refractivity contribution in [1.29, 1.82) is 0 Å². The predicted octanol–water partition coefficient (Wildman–Crippen LogP) is 3.40. The molecule has 0 atom stereocenters. The molecule has 1 fully saturated rings. The second-order valence-corrected chi connectivity index (χ2v) is 5.41. The predicted molar refractivity (Wildman–Crippen MR) is 75.2 cm³/mol. The van der Waals surface area contributed by atoms with E-state index in [1.54, 1.807) is 6.33 Å². The number of hydrogen-bond donors (Lipinski definition) is 1. The molecule has 1 aliphatic rings. The molecule has 3 nitrogen and oxygen atoms in total. The number of benzene rings is 1. The summed E-state index contributed by atoms with van der Waals surface area (Å²) >= 11 is 0. The second-order valence-electron chi connectivity index (χ2n) is 5.41. The molecule has 0 bridgehead atoms. The molecule has 1 saturated carbocycles. The minimum Gasteiger partial charge on any atom is -0.345 e. The summed E-state index contributed by atoms with van der Waals surface area (Å²) in [5.74, 6) is 0.763. The quantitative estimate of drug-likeness (QED) is 0.759. The van der Waals surface area contributed by atoms with Gasteiger partial charge in [-0.1, -0.05) is 6.07 Å². The van der Waals surface area contributed by atoms with Crippen LogP contribution in [-0.2, 0) is 6.54 Å². The van der Waals surface area contributed by atoms with Crippen LogP contribution in [0.3, 0.4) is 0 Å². The zero-order valence-corrected chi connectivity index (χ0v) is 11.0. The normalized spacial score (nSPS) is 15.2. The molecule has 1 aromatic carbocycles. The van der Waals surface area contributed by atoms with Gasteiger partial charge in [0.05, 0.1) is 17.4 Å². The Labute approximate surface area is 112 Å². The smallest absolute Gasteiger partial charge is 0.0931 e. The number of hydrogen-bond acceptors (Lipinski definition) is 1. The van der Waals surface area contributed by atoms with Crippen molar-refractivity contribution in [3.63, 3.8) is 0 Å². The van der Waals surface area contributed by atoms with Gasteiger partial charge in [-0.05, 0) is 49.4 Å². The molecule has 2 heterocycles. The summed E-state index contributed by atoms with van der Waals surface area (Å²) in [4.78, 5) is 7.46. The highest BCUT2D eigenvalue weighted by Crippen LogP contribution is 2.40. The maximum absolute atomic E-state index is 4.33. The van der Waals surface area contributed by atoms with Crippen LogP contribution in [-0.4, -0.2) is 14.5 Å². The number of imidazole rings is 1. The Morgan fingerprint density at radius 1 is 1.42 bits per heavy atom. The Balaban J connectivity index is 1.71. The summed E-state index contributed by atoms with van der Waals surface area (Å²) < 4.78 is 2.39. The zero-order valence-electron chi connectivity index (χ0n) is 11.0. The van der Waals surface area contributed by atoms with Crippen molar-refractivity contribution in [3.05, 3.63) is 53.6 Å². The fourth-order valence-electron chi connectivity index (χ4n) is 2.71. The summed E-state index contributed by atoms with van der Waals surface area (Å²) in [6.07, 6.45) is 4.41. The van der Waals surface area contributed by atoms with Crippen molar-refractivity contribution in [3.8, 4) is 0 Å². The first-order valence-corrected chi connectivity index (χ1v) is 6.81. The highest BCUT2D eigenvalue weighted by atomic mass is 15.0. The largest absolute Gasteiger partial charge is 0.345 e. The van der Waals surface area contributed by atoms with Crippen LogP contribution in [0.25, 0.3) is 11.0 Å². The average molecular weight is 250 g/mol. The molecular formula is C16H16N3. The Hall–Kier alpha value is -2.03. The van der Waals surface area contributed by atoms with Crippen LogP contribution in [0.15, 0.2) is 30.6 Å². The number of fused-ring (bicyclic) bond motifs is 1. The van der Waals surface area contributed by atoms with Crippen molar-refractivity contribution in [2.45, 2.75) is 32.2 Å². The molecule has 1 aliphatic carbocycles. The summed E-state index contributed by atoms with van der Waals surface area (Å²) in [5, 5.41) is 0. The van der Waals surface area contributed by atoms with Gasteiger partial charge in [-0.2, -0.15) is 0 Å². The number of aryl methyl sites for hydroxylation is 1. The molecule has 0 aliphatic heterocycles. The van der Waals surface area contributed by atoms with E-state index in [4.69, 9.17) is 0 Å². The molecule has 2 aromatic heterocycles. The molecule has 19 heavy (non-hydrogen) atoms. The van der Waals surface area contributed by atoms with Crippen molar-refractivity contribution in [2.24, 2.45) is 0 Å². The molecule has 0 unspecified atom stereocenters. The van der Waals surface area contributed by atoms with Crippen molar-refractivity contribution >= 4 is 11.0 Å². The Kier molecular flexibility index (Phi) is 2.28. The first kappa shape index (κ1) is 10.9. The monoisotopic (exact) mass is 250 g/mol. The molecule has 3 aromatic rings. The summed E-state index contributed by atoms with van der Waals surface area (Å²) in [6, 6.07) is 12.0. The summed E-state index contributed by atoms with van der Waals surface area (Å²) in [7, 11) is 0. The highest BCUT2D eigenvalue weighted by molar-refractivity contribution is 5.75. The van der Waals surface area contributed by atoms with Crippen LogP contribution >= 0.6 is 0 Å². The molecule has 0 spiro atoms. The van der Waals surface area contributed by atoms with E-state index in [2.05, 4.69) is 51.8 Å². The lowest BCUT2D eigenvalue weighted by molar-refractivity contribution is 0.723. The molecule has 0 saturated heterocycles. The number of H-pyrrole nitrogens is 1. The first-order valence-electron chi connectivity index (χ1n) is 6.81. The van der Waals surface area contributed by atoms with Crippen LogP contribution in [0.5, 0.6) is 0 Å². The number of rotatable bonds is 3. The third-order valence-electron chi connectivity index (χ3n) is 3.97. The van der Waals surface area contributed by atoms with E-state index in [0.29, 0.717) is 0 Å². The lowest BCUT2D eigenvalue weighted by Gasteiger charge is -2.11. The number of aromatic nitrogens is 3. The standard InChI is InChI=1S/C16H16N3/c1-11-2-7-16(13-4-5-13)19(11)9-12-3-6-14-15(8-12)18-10-17-14/h3,6-8,10,13H,4-5,9H2,1H3,(H,17,18). The van der Waals surface area contributed by atoms with Crippen LogP contribution in [0.2, 0.25) is 0 Å². The Morgan fingerprint density at radius 3 is 3.16 bits per heavy atom. The van der Waals surface area contributed by atoms with Crippen LogP contribution < -0.4 is 0 Å². The maximum atomic E-state index is 4.33. The topological polar surface area (TPSA) is 33.6 Å². The lowest BCUT2D eigenvalue weighted by atomic mass is 10.2. The third-order valence-corrected chi connectivity index (χ3v) is 3.97. The van der Waals surface area contributed by atoms with Crippen molar-refractivity contribution in [2.75, 3.05) is 0 Å². The summed E-state index contributed by atoms with van der Waals surface area (Å²) in [6.45, 7) is 3.06. The van der Waals surface area contributed by atoms with Crippen LogP contribution in [0, 0.1) is 13.0 Å². The van der Waals surface area contributed by atoms with Gasteiger partial charge in [0, 0.05) is 24.0 Å². The van der Waals surface area contributed by atoms with E-state index in [1.807, 2.05) is 0 Å². The van der Waals surface area contributed by atoms with Gasteiger partial charge in [0.1, 0.15) is 0 Å². The molecule has 1 N–H and O–H groups in total. The molecule has 0 amide bonds. The van der Waals surface area contributed by atoms with Crippen molar-refractivity contribution in [1.82, 2.24) is 14.5 Å². The van der Waals surface area contributed by atoms with Gasteiger partial charge in [0.15, 0.2) is 0 Å². The van der Waals surface area contributed by atoms with Gasteiger partial charge >= 0.3 is 0 Å². The number of aromatic amines is 1. The number of nitrogens with one attached hydrogen (secondary N) is 1.